The lowest BCUT2D eigenvalue weighted by molar-refractivity contribution is 0.0785. The van der Waals surface area contributed by atoms with Crippen molar-refractivity contribution < 1.29 is 9.18 Å². The summed E-state index contributed by atoms with van der Waals surface area (Å²) in [7, 11) is 0. The van der Waals surface area contributed by atoms with Crippen LogP contribution in [-0.2, 0) is 0 Å². The quantitative estimate of drug-likeness (QED) is 0.793. The molecule has 1 aliphatic heterocycles. The van der Waals surface area contributed by atoms with Gasteiger partial charge in [0.2, 0.25) is 0 Å². The van der Waals surface area contributed by atoms with Crippen LogP contribution in [0.25, 0.3) is 0 Å². The maximum atomic E-state index is 13.6. The Morgan fingerprint density at radius 1 is 1.56 bits per heavy atom. The molecule has 1 aromatic rings. The molecule has 2 rings (SSSR count). The average Bonchev–Trinajstić information content (AvgIpc) is 2.64. The van der Waals surface area contributed by atoms with Crippen LogP contribution in [0.4, 0.5) is 4.39 Å². The Morgan fingerprint density at radius 2 is 2.31 bits per heavy atom. The predicted octanol–water partition coefficient (Wildman–Crippen LogP) is 1.60. The van der Waals surface area contributed by atoms with Gasteiger partial charge in [-0.2, -0.15) is 0 Å². The standard InChI is InChI=1S/C11H12FIN2O/c12-8-2-1-3-9(13)10(8)11(16)15-5-4-7(14)6-15/h1-3,7H,4-6,14H2/t7-/m1/s1. The number of hydrogen-bond donors (Lipinski definition) is 1. The number of carbonyl (C=O) groups excluding carboxylic acids is 1. The normalized spacial score (nSPS) is 20.2. The van der Waals surface area contributed by atoms with Crippen molar-refractivity contribution in [2.24, 2.45) is 5.73 Å². The van der Waals surface area contributed by atoms with E-state index in [0.29, 0.717) is 16.7 Å². The molecule has 1 fully saturated rings. The van der Waals surface area contributed by atoms with Crippen LogP contribution in [0.5, 0.6) is 0 Å². The zero-order chi connectivity index (χ0) is 11.7. The highest BCUT2D eigenvalue weighted by Crippen LogP contribution is 2.20. The van der Waals surface area contributed by atoms with E-state index in [-0.39, 0.29) is 17.5 Å². The van der Waals surface area contributed by atoms with E-state index in [9.17, 15) is 9.18 Å². The van der Waals surface area contributed by atoms with Crippen molar-refractivity contribution in [2.45, 2.75) is 12.5 Å². The largest absolute Gasteiger partial charge is 0.337 e. The Bertz CT molecular complexity index is 404. The van der Waals surface area contributed by atoms with Crippen LogP contribution in [-0.4, -0.2) is 29.9 Å². The topological polar surface area (TPSA) is 46.3 Å². The number of likely N-dealkylation sites (tertiary alicyclic amines) is 1. The Hall–Kier alpha value is -0.690. The Labute approximate surface area is 107 Å². The third kappa shape index (κ3) is 2.20. The highest BCUT2D eigenvalue weighted by molar-refractivity contribution is 14.1. The first-order chi connectivity index (χ1) is 7.59. The number of carbonyl (C=O) groups is 1. The van der Waals surface area contributed by atoms with Gasteiger partial charge >= 0.3 is 0 Å². The molecular weight excluding hydrogens is 322 g/mol. The van der Waals surface area contributed by atoms with Gasteiger partial charge in [0.25, 0.3) is 5.91 Å². The third-order valence-corrected chi connectivity index (χ3v) is 3.59. The molecule has 86 valence electrons. The van der Waals surface area contributed by atoms with Gasteiger partial charge in [-0.05, 0) is 41.1 Å². The summed E-state index contributed by atoms with van der Waals surface area (Å²) in [6, 6.07) is 4.66. The first-order valence-electron chi connectivity index (χ1n) is 5.08. The predicted molar refractivity (Wildman–Crippen MR) is 67.6 cm³/mol. The summed E-state index contributed by atoms with van der Waals surface area (Å²) >= 11 is 1.97. The first-order valence-corrected chi connectivity index (χ1v) is 6.16. The average molecular weight is 334 g/mol. The minimum atomic E-state index is -0.461. The van der Waals surface area contributed by atoms with E-state index in [1.54, 1.807) is 17.0 Å². The van der Waals surface area contributed by atoms with Crippen molar-refractivity contribution in [1.29, 1.82) is 0 Å². The van der Waals surface area contributed by atoms with Crippen LogP contribution < -0.4 is 5.73 Å². The Kier molecular flexibility index (Phi) is 3.44. The van der Waals surface area contributed by atoms with Crippen molar-refractivity contribution in [3.63, 3.8) is 0 Å². The number of hydrogen-bond acceptors (Lipinski definition) is 2. The highest BCUT2D eigenvalue weighted by atomic mass is 127. The van der Waals surface area contributed by atoms with E-state index in [0.717, 1.165) is 6.42 Å². The van der Waals surface area contributed by atoms with E-state index >= 15 is 0 Å². The maximum Gasteiger partial charge on any atom is 0.257 e. The highest BCUT2D eigenvalue weighted by Gasteiger charge is 2.27. The molecule has 5 heteroatoms. The van der Waals surface area contributed by atoms with Gasteiger partial charge in [0.15, 0.2) is 0 Å². The van der Waals surface area contributed by atoms with E-state index in [2.05, 4.69) is 0 Å². The van der Waals surface area contributed by atoms with Crippen LogP contribution in [0.1, 0.15) is 16.8 Å². The SMILES string of the molecule is N[C@@H]1CCN(C(=O)c2c(F)cccc2I)C1. The molecule has 0 saturated carbocycles. The minimum absolute atomic E-state index is 0.0217. The van der Waals surface area contributed by atoms with Crippen LogP contribution in [0.3, 0.4) is 0 Å². The van der Waals surface area contributed by atoms with Crippen LogP contribution in [0, 0.1) is 9.39 Å². The molecule has 0 unspecified atom stereocenters. The van der Waals surface area contributed by atoms with Gasteiger partial charge in [-0.1, -0.05) is 6.07 Å². The second kappa shape index (κ2) is 4.67. The Morgan fingerprint density at radius 3 is 2.88 bits per heavy atom. The fourth-order valence-corrected chi connectivity index (χ4v) is 2.53. The summed E-state index contributed by atoms with van der Waals surface area (Å²) in [5, 5.41) is 0. The first kappa shape index (κ1) is 11.8. The van der Waals surface area contributed by atoms with Gasteiger partial charge < -0.3 is 10.6 Å². The molecule has 1 aromatic carbocycles. The van der Waals surface area contributed by atoms with Gasteiger partial charge in [-0.25, -0.2) is 4.39 Å². The molecular formula is C11H12FIN2O. The lowest BCUT2D eigenvalue weighted by Crippen LogP contribution is -2.32. The minimum Gasteiger partial charge on any atom is -0.337 e. The van der Waals surface area contributed by atoms with E-state index in [4.69, 9.17) is 5.73 Å². The van der Waals surface area contributed by atoms with Crippen LogP contribution in [0.15, 0.2) is 18.2 Å². The molecule has 16 heavy (non-hydrogen) atoms. The van der Waals surface area contributed by atoms with Crippen molar-refractivity contribution in [3.05, 3.63) is 33.1 Å². The summed E-state index contributed by atoms with van der Waals surface area (Å²) in [6.45, 7) is 1.13. The number of halogens is 2. The second-order valence-corrected chi connectivity index (χ2v) is 5.06. The number of amides is 1. The lowest BCUT2D eigenvalue weighted by Gasteiger charge is -2.17. The van der Waals surface area contributed by atoms with Crippen molar-refractivity contribution in [3.8, 4) is 0 Å². The van der Waals surface area contributed by atoms with Gasteiger partial charge in [0, 0.05) is 22.7 Å². The molecule has 0 radical (unpaired) electrons. The van der Waals surface area contributed by atoms with E-state index < -0.39 is 5.82 Å². The number of nitrogens with zero attached hydrogens (tertiary/aromatic N) is 1. The smallest absolute Gasteiger partial charge is 0.257 e. The summed E-state index contributed by atoms with van der Waals surface area (Å²) in [5.41, 5.74) is 5.89. The van der Waals surface area contributed by atoms with Gasteiger partial charge in [-0.3, -0.25) is 4.79 Å². The summed E-state index contributed by atoms with van der Waals surface area (Å²) in [4.78, 5) is 13.7. The molecule has 1 amide bonds. The summed E-state index contributed by atoms with van der Waals surface area (Å²) in [5.74, 6) is -0.715. The molecule has 2 N–H and O–H groups in total. The van der Waals surface area contributed by atoms with Crippen molar-refractivity contribution in [1.82, 2.24) is 4.90 Å². The molecule has 0 spiro atoms. The molecule has 1 heterocycles. The third-order valence-electron chi connectivity index (χ3n) is 2.69. The molecule has 0 aliphatic carbocycles. The number of rotatable bonds is 1. The van der Waals surface area contributed by atoms with Gasteiger partial charge in [-0.15, -0.1) is 0 Å². The van der Waals surface area contributed by atoms with Crippen molar-refractivity contribution in [2.75, 3.05) is 13.1 Å². The number of benzene rings is 1. The maximum absolute atomic E-state index is 13.6. The van der Waals surface area contributed by atoms with Crippen LogP contribution in [0.2, 0.25) is 0 Å². The summed E-state index contributed by atoms with van der Waals surface area (Å²) < 4.78 is 14.2. The van der Waals surface area contributed by atoms with Gasteiger partial charge in [0.1, 0.15) is 5.82 Å². The zero-order valence-electron chi connectivity index (χ0n) is 8.62. The Balaban J connectivity index is 2.27. The van der Waals surface area contributed by atoms with Crippen LogP contribution >= 0.6 is 22.6 Å². The fourth-order valence-electron chi connectivity index (χ4n) is 1.83. The lowest BCUT2D eigenvalue weighted by atomic mass is 10.2. The number of nitrogens with two attached hydrogens (primary N) is 1. The molecule has 1 atom stereocenters. The molecule has 3 nitrogen and oxygen atoms in total. The molecule has 0 aromatic heterocycles. The monoisotopic (exact) mass is 334 g/mol. The van der Waals surface area contributed by atoms with E-state index in [1.807, 2.05) is 22.6 Å². The zero-order valence-corrected chi connectivity index (χ0v) is 10.8. The molecule has 0 bridgehead atoms. The summed E-state index contributed by atoms with van der Waals surface area (Å²) in [6.07, 6.45) is 0.788. The van der Waals surface area contributed by atoms with Crippen molar-refractivity contribution >= 4 is 28.5 Å². The second-order valence-electron chi connectivity index (χ2n) is 3.90. The van der Waals surface area contributed by atoms with E-state index in [1.165, 1.54) is 6.07 Å². The molecule has 1 saturated heterocycles. The molecule has 1 aliphatic rings. The van der Waals surface area contributed by atoms with Gasteiger partial charge in [0.05, 0.1) is 5.56 Å². The fraction of sp³-hybridized carbons (Fsp3) is 0.364.